The molecule has 0 aliphatic heterocycles. The minimum absolute atomic E-state index is 0.0101. The topological polar surface area (TPSA) is 81.4 Å². The summed E-state index contributed by atoms with van der Waals surface area (Å²) in [6.45, 7) is 6.41. The van der Waals surface area contributed by atoms with Gasteiger partial charge in [0, 0.05) is 11.8 Å². The largest absolute Gasteiger partial charge is 0.468 e. The molecule has 2 atom stereocenters. The Hall–Kier alpha value is -0.750. The van der Waals surface area contributed by atoms with Gasteiger partial charge in [0.05, 0.1) is 12.9 Å². The number of thioether (sulfide) groups is 1. The number of hydrogen-bond donors (Lipinski definition) is 2. The molecule has 0 bridgehead atoms. The normalized spacial score (nSPS) is 13.9. The van der Waals surface area contributed by atoms with Crippen molar-refractivity contribution in [1.82, 2.24) is 5.32 Å². The Bertz CT molecular complexity index is 298. The molecule has 0 heterocycles. The molecule has 0 radical (unpaired) electrons. The van der Waals surface area contributed by atoms with E-state index in [9.17, 15) is 9.59 Å². The molecule has 3 N–H and O–H groups in total. The molecule has 0 aromatic rings. The highest BCUT2D eigenvalue weighted by atomic mass is 32.2. The molecule has 1 amide bonds. The van der Waals surface area contributed by atoms with Crippen molar-refractivity contribution in [3.63, 3.8) is 0 Å². The fourth-order valence-electron chi connectivity index (χ4n) is 1.72. The van der Waals surface area contributed by atoms with E-state index in [2.05, 4.69) is 23.9 Å². The van der Waals surface area contributed by atoms with Crippen LogP contribution in [0.4, 0.5) is 0 Å². The number of nitrogens with one attached hydrogen (secondary N) is 1. The molecule has 0 saturated heterocycles. The summed E-state index contributed by atoms with van der Waals surface area (Å²) in [5.41, 5.74) is 5.58. The first kappa shape index (κ1) is 19.2. The van der Waals surface area contributed by atoms with Crippen LogP contribution in [0.1, 0.15) is 40.0 Å². The van der Waals surface area contributed by atoms with E-state index in [0.29, 0.717) is 17.4 Å². The van der Waals surface area contributed by atoms with Crippen molar-refractivity contribution in [1.29, 1.82) is 0 Å². The molecule has 118 valence electrons. The molecule has 0 aliphatic carbocycles. The number of carbonyl (C=O) groups is 2. The van der Waals surface area contributed by atoms with Gasteiger partial charge in [-0.05, 0) is 19.3 Å². The van der Waals surface area contributed by atoms with Crippen molar-refractivity contribution >= 4 is 23.6 Å². The molecule has 0 aromatic carbocycles. The maximum Gasteiger partial charge on any atom is 0.323 e. The third-order valence-electron chi connectivity index (χ3n) is 2.86. The van der Waals surface area contributed by atoms with Crippen LogP contribution < -0.4 is 11.1 Å². The van der Waals surface area contributed by atoms with Crippen LogP contribution in [0.3, 0.4) is 0 Å². The SMILES string of the molecule is COC(=O)C(N)CSCC(=O)NC(C)CCCC(C)C. The molecule has 0 aromatic heterocycles. The Kier molecular flexibility index (Phi) is 10.6. The van der Waals surface area contributed by atoms with Gasteiger partial charge in [-0.1, -0.05) is 26.7 Å². The van der Waals surface area contributed by atoms with Crippen LogP contribution in [0.25, 0.3) is 0 Å². The van der Waals surface area contributed by atoms with E-state index < -0.39 is 12.0 Å². The fourth-order valence-corrected chi connectivity index (χ4v) is 2.50. The van der Waals surface area contributed by atoms with Crippen LogP contribution in [0.15, 0.2) is 0 Å². The van der Waals surface area contributed by atoms with Gasteiger partial charge in [-0.15, -0.1) is 11.8 Å². The maximum absolute atomic E-state index is 11.7. The number of hydrogen-bond acceptors (Lipinski definition) is 5. The van der Waals surface area contributed by atoms with Gasteiger partial charge < -0.3 is 15.8 Å². The first-order valence-electron chi connectivity index (χ1n) is 7.07. The molecular formula is C14H28N2O3S. The number of amides is 1. The zero-order chi connectivity index (χ0) is 15.5. The third-order valence-corrected chi connectivity index (χ3v) is 3.92. The van der Waals surface area contributed by atoms with Crippen LogP contribution in [-0.2, 0) is 14.3 Å². The molecular weight excluding hydrogens is 276 g/mol. The van der Waals surface area contributed by atoms with Gasteiger partial charge in [0.25, 0.3) is 0 Å². The van der Waals surface area contributed by atoms with E-state index >= 15 is 0 Å². The number of esters is 1. The van der Waals surface area contributed by atoms with Crippen molar-refractivity contribution in [2.75, 3.05) is 18.6 Å². The zero-order valence-electron chi connectivity index (χ0n) is 13.0. The first-order chi connectivity index (χ1) is 9.36. The van der Waals surface area contributed by atoms with Crippen LogP contribution in [-0.4, -0.2) is 42.6 Å². The van der Waals surface area contributed by atoms with E-state index in [0.717, 1.165) is 12.8 Å². The van der Waals surface area contributed by atoms with Gasteiger partial charge in [0.15, 0.2) is 0 Å². The van der Waals surface area contributed by atoms with E-state index in [-0.39, 0.29) is 11.9 Å². The predicted molar refractivity (Wildman–Crippen MR) is 83.6 cm³/mol. The smallest absolute Gasteiger partial charge is 0.323 e. The first-order valence-corrected chi connectivity index (χ1v) is 8.22. The van der Waals surface area contributed by atoms with Gasteiger partial charge in [0.1, 0.15) is 6.04 Å². The molecule has 2 unspecified atom stereocenters. The van der Waals surface area contributed by atoms with E-state index in [1.165, 1.54) is 25.3 Å². The van der Waals surface area contributed by atoms with Crippen LogP contribution in [0.5, 0.6) is 0 Å². The highest BCUT2D eigenvalue weighted by molar-refractivity contribution is 8.00. The Morgan fingerprint density at radius 2 is 1.90 bits per heavy atom. The van der Waals surface area contributed by atoms with Crippen molar-refractivity contribution in [2.24, 2.45) is 11.7 Å². The Balaban J connectivity index is 3.69. The summed E-state index contributed by atoms with van der Waals surface area (Å²) in [5, 5.41) is 2.95. The second-order valence-corrected chi connectivity index (χ2v) is 6.47. The lowest BCUT2D eigenvalue weighted by Gasteiger charge is -2.15. The highest BCUT2D eigenvalue weighted by Gasteiger charge is 2.14. The Morgan fingerprint density at radius 1 is 1.25 bits per heavy atom. The second-order valence-electron chi connectivity index (χ2n) is 5.44. The molecule has 0 rings (SSSR count). The van der Waals surface area contributed by atoms with Crippen molar-refractivity contribution in [2.45, 2.75) is 52.1 Å². The minimum atomic E-state index is -0.665. The number of rotatable bonds is 10. The van der Waals surface area contributed by atoms with Crippen LogP contribution in [0, 0.1) is 5.92 Å². The molecule has 20 heavy (non-hydrogen) atoms. The van der Waals surface area contributed by atoms with Crippen LogP contribution >= 0.6 is 11.8 Å². The number of ether oxygens (including phenoxy) is 1. The fraction of sp³-hybridized carbons (Fsp3) is 0.857. The second kappa shape index (κ2) is 11.0. The van der Waals surface area contributed by atoms with Gasteiger partial charge >= 0.3 is 5.97 Å². The average Bonchev–Trinajstić information content (AvgIpc) is 2.36. The monoisotopic (exact) mass is 304 g/mol. The zero-order valence-corrected chi connectivity index (χ0v) is 13.8. The summed E-state index contributed by atoms with van der Waals surface area (Å²) >= 11 is 1.35. The minimum Gasteiger partial charge on any atom is -0.468 e. The summed E-state index contributed by atoms with van der Waals surface area (Å²) in [6.07, 6.45) is 3.30. The predicted octanol–water partition coefficient (Wildman–Crippen LogP) is 1.55. The summed E-state index contributed by atoms with van der Waals surface area (Å²) in [5.74, 6) is 0.957. The molecule has 6 heteroatoms. The number of nitrogens with two attached hydrogens (primary N) is 1. The van der Waals surface area contributed by atoms with Crippen LogP contribution in [0.2, 0.25) is 0 Å². The molecule has 0 spiro atoms. The van der Waals surface area contributed by atoms with Crippen molar-refractivity contribution in [3.05, 3.63) is 0 Å². The van der Waals surface area contributed by atoms with E-state index in [1.807, 2.05) is 6.92 Å². The summed E-state index contributed by atoms with van der Waals surface area (Å²) in [6, 6.07) is -0.475. The standard InChI is InChI=1S/C14H28N2O3S/c1-10(2)6-5-7-11(3)16-13(17)9-20-8-12(15)14(18)19-4/h10-12H,5-9,15H2,1-4H3,(H,16,17). The highest BCUT2D eigenvalue weighted by Crippen LogP contribution is 2.08. The van der Waals surface area contributed by atoms with Gasteiger partial charge in [0.2, 0.25) is 5.91 Å². The van der Waals surface area contributed by atoms with Gasteiger partial charge in [-0.25, -0.2) is 0 Å². The lowest BCUT2D eigenvalue weighted by Crippen LogP contribution is -2.36. The quantitative estimate of drug-likeness (QED) is 0.599. The lowest BCUT2D eigenvalue weighted by atomic mass is 10.0. The van der Waals surface area contributed by atoms with Gasteiger partial charge in [-0.2, -0.15) is 0 Å². The van der Waals surface area contributed by atoms with Crippen molar-refractivity contribution < 1.29 is 14.3 Å². The average molecular weight is 304 g/mol. The Labute approximate surface area is 126 Å². The summed E-state index contributed by atoms with van der Waals surface area (Å²) < 4.78 is 4.52. The summed E-state index contributed by atoms with van der Waals surface area (Å²) in [4.78, 5) is 22.8. The maximum atomic E-state index is 11.7. The molecule has 0 saturated carbocycles. The third kappa shape index (κ3) is 10.1. The van der Waals surface area contributed by atoms with E-state index in [1.54, 1.807) is 0 Å². The number of carbonyl (C=O) groups excluding carboxylic acids is 2. The molecule has 0 fully saturated rings. The molecule has 5 nitrogen and oxygen atoms in total. The summed E-state index contributed by atoms with van der Waals surface area (Å²) in [7, 11) is 1.30. The van der Waals surface area contributed by atoms with E-state index in [4.69, 9.17) is 5.73 Å². The molecule has 0 aliphatic rings. The van der Waals surface area contributed by atoms with Crippen molar-refractivity contribution in [3.8, 4) is 0 Å². The Morgan fingerprint density at radius 3 is 2.45 bits per heavy atom. The number of methoxy groups -OCH3 is 1. The lowest BCUT2D eigenvalue weighted by molar-refractivity contribution is -0.141. The van der Waals surface area contributed by atoms with Gasteiger partial charge in [-0.3, -0.25) is 9.59 Å².